The molecule has 42 heavy (non-hydrogen) atoms. The summed E-state index contributed by atoms with van der Waals surface area (Å²) < 4.78 is 65.3. The van der Waals surface area contributed by atoms with E-state index in [1.807, 2.05) is 12.1 Å². The van der Waals surface area contributed by atoms with Crippen molar-refractivity contribution in [1.29, 1.82) is 0 Å². The van der Waals surface area contributed by atoms with Crippen LogP contribution in [0.4, 0.5) is 5.82 Å². The zero-order valence-corrected chi connectivity index (χ0v) is 24.5. The highest BCUT2D eigenvalue weighted by molar-refractivity contribution is 7.93. The number of fused-ring (bicyclic) bond motifs is 2. The Morgan fingerprint density at radius 2 is 1.38 bits per heavy atom. The molecular formula is C30H23ClN4O5S2. The summed E-state index contributed by atoms with van der Waals surface area (Å²) in [5, 5.41) is 0.356. The summed E-state index contributed by atoms with van der Waals surface area (Å²) in [6.07, 6.45) is 0. The van der Waals surface area contributed by atoms with Crippen LogP contribution in [0.2, 0.25) is 5.02 Å². The van der Waals surface area contributed by atoms with Gasteiger partial charge in [-0.1, -0.05) is 54.1 Å². The van der Waals surface area contributed by atoms with Crippen LogP contribution in [0.15, 0.2) is 118 Å². The Bertz CT molecular complexity index is 2150. The molecule has 0 aliphatic heterocycles. The van der Waals surface area contributed by atoms with Gasteiger partial charge in [-0.05, 0) is 66.2 Å². The van der Waals surface area contributed by atoms with Gasteiger partial charge in [0.15, 0.2) is 5.65 Å². The summed E-state index contributed by atoms with van der Waals surface area (Å²) >= 11 is 5.99. The summed E-state index contributed by atoms with van der Waals surface area (Å²) in [4.78, 5) is 9.06. The average molecular weight is 619 g/mol. The lowest BCUT2D eigenvalue weighted by molar-refractivity contribution is 0.414. The monoisotopic (exact) mass is 618 g/mol. The first-order valence-electron chi connectivity index (χ1n) is 12.7. The van der Waals surface area contributed by atoms with Crippen molar-refractivity contribution in [2.45, 2.75) is 21.2 Å². The molecule has 212 valence electrons. The number of aromatic nitrogens is 3. The second-order valence-electron chi connectivity index (χ2n) is 9.37. The molecule has 0 saturated heterocycles. The maximum Gasteiger partial charge on any atom is 0.263 e. The van der Waals surface area contributed by atoms with Gasteiger partial charge in [-0.15, -0.1) is 0 Å². The molecule has 0 radical (unpaired) electrons. The number of sulfone groups is 1. The van der Waals surface area contributed by atoms with Crippen LogP contribution in [0.3, 0.4) is 0 Å². The number of halogens is 1. The highest BCUT2D eigenvalue weighted by Crippen LogP contribution is 2.38. The lowest BCUT2D eigenvalue weighted by Crippen LogP contribution is -2.18. The molecule has 0 fully saturated rings. The van der Waals surface area contributed by atoms with E-state index in [1.54, 1.807) is 61.7 Å². The van der Waals surface area contributed by atoms with Gasteiger partial charge in [0.2, 0.25) is 9.84 Å². The van der Waals surface area contributed by atoms with Crippen LogP contribution in [0.5, 0.6) is 5.75 Å². The Morgan fingerprint density at radius 3 is 2.02 bits per heavy atom. The Kier molecular flexibility index (Phi) is 7.09. The van der Waals surface area contributed by atoms with Crippen molar-refractivity contribution in [2.75, 3.05) is 11.8 Å². The largest absolute Gasteiger partial charge is 0.497 e. The van der Waals surface area contributed by atoms with Crippen molar-refractivity contribution in [1.82, 2.24) is 14.5 Å². The fourth-order valence-corrected chi connectivity index (χ4v) is 7.44. The second kappa shape index (κ2) is 10.8. The molecule has 12 heteroatoms. The minimum atomic E-state index is -4.30. The van der Waals surface area contributed by atoms with E-state index in [0.29, 0.717) is 21.8 Å². The van der Waals surface area contributed by atoms with Crippen LogP contribution in [0.25, 0.3) is 22.2 Å². The van der Waals surface area contributed by atoms with E-state index in [9.17, 15) is 16.8 Å². The first-order chi connectivity index (χ1) is 20.2. The van der Waals surface area contributed by atoms with E-state index >= 15 is 0 Å². The van der Waals surface area contributed by atoms with Gasteiger partial charge in [-0.25, -0.2) is 26.8 Å². The lowest BCUT2D eigenvalue weighted by Gasteiger charge is -2.15. The summed E-state index contributed by atoms with van der Waals surface area (Å²) in [6.45, 7) is 0.0797. The fraction of sp³-hybridized carbons (Fsp3) is 0.0667. The molecule has 0 aliphatic rings. The zero-order valence-electron chi connectivity index (χ0n) is 22.1. The van der Waals surface area contributed by atoms with E-state index in [0.717, 1.165) is 5.56 Å². The SMILES string of the molecule is COc1ccc(Cn2c(NS(=O)(=O)c3ccc(Cl)cc3)c(S(=O)(=O)c3ccccc3)c3nc4ccccc4nc32)cc1. The van der Waals surface area contributed by atoms with Gasteiger partial charge in [0, 0.05) is 5.02 Å². The molecule has 6 aromatic rings. The van der Waals surface area contributed by atoms with Gasteiger partial charge in [-0.3, -0.25) is 4.72 Å². The third kappa shape index (κ3) is 5.06. The predicted molar refractivity (Wildman–Crippen MR) is 161 cm³/mol. The maximum absolute atomic E-state index is 14.3. The summed E-state index contributed by atoms with van der Waals surface area (Å²) in [5.74, 6) is 0.452. The summed E-state index contributed by atoms with van der Waals surface area (Å²) in [7, 11) is -7.03. The molecule has 0 bridgehead atoms. The van der Waals surface area contributed by atoms with E-state index in [1.165, 1.54) is 41.0 Å². The molecule has 2 heterocycles. The van der Waals surface area contributed by atoms with Crippen molar-refractivity contribution in [3.8, 4) is 5.75 Å². The minimum Gasteiger partial charge on any atom is -0.497 e. The highest BCUT2D eigenvalue weighted by atomic mass is 35.5. The Labute approximate surface area is 247 Å². The normalized spacial score (nSPS) is 12.0. The van der Waals surface area contributed by atoms with E-state index in [4.69, 9.17) is 26.3 Å². The van der Waals surface area contributed by atoms with Gasteiger partial charge in [0.05, 0.1) is 34.5 Å². The number of nitrogens with zero attached hydrogens (tertiary/aromatic N) is 3. The minimum absolute atomic E-state index is 0.0182. The van der Waals surface area contributed by atoms with Crippen LogP contribution in [-0.4, -0.2) is 38.5 Å². The Morgan fingerprint density at radius 1 is 0.762 bits per heavy atom. The summed E-state index contributed by atoms with van der Waals surface area (Å²) in [6, 6.07) is 27.6. The number of para-hydroxylation sites is 2. The molecule has 0 atom stereocenters. The Balaban J connectivity index is 1.67. The van der Waals surface area contributed by atoms with Crippen molar-refractivity contribution in [3.05, 3.63) is 114 Å². The lowest BCUT2D eigenvalue weighted by atomic mass is 10.2. The van der Waals surface area contributed by atoms with Gasteiger partial charge in [0.1, 0.15) is 22.0 Å². The third-order valence-electron chi connectivity index (χ3n) is 6.68. The molecule has 2 aromatic heterocycles. The summed E-state index contributed by atoms with van der Waals surface area (Å²) in [5.41, 5.74) is 1.98. The number of nitrogens with one attached hydrogen (secondary N) is 1. The van der Waals surface area contributed by atoms with Gasteiger partial charge in [0.25, 0.3) is 10.0 Å². The van der Waals surface area contributed by atoms with Crippen molar-refractivity contribution in [3.63, 3.8) is 0 Å². The van der Waals surface area contributed by atoms with E-state index in [2.05, 4.69) is 4.72 Å². The quantitative estimate of drug-likeness (QED) is 0.224. The van der Waals surface area contributed by atoms with Crippen molar-refractivity contribution >= 4 is 59.5 Å². The molecule has 1 N–H and O–H groups in total. The number of rotatable bonds is 8. The van der Waals surface area contributed by atoms with E-state index < -0.39 is 19.9 Å². The highest BCUT2D eigenvalue weighted by Gasteiger charge is 2.33. The first-order valence-corrected chi connectivity index (χ1v) is 16.0. The molecule has 0 amide bonds. The second-order valence-corrected chi connectivity index (χ2v) is 13.4. The molecular weight excluding hydrogens is 596 g/mol. The average Bonchev–Trinajstić information content (AvgIpc) is 3.28. The van der Waals surface area contributed by atoms with Crippen molar-refractivity contribution in [2.24, 2.45) is 0 Å². The smallest absolute Gasteiger partial charge is 0.263 e. The maximum atomic E-state index is 14.3. The van der Waals surface area contributed by atoms with Crippen LogP contribution in [-0.2, 0) is 26.4 Å². The molecule has 4 aromatic carbocycles. The molecule has 0 unspecified atom stereocenters. The number of anilines is 1. The van der Waals surface area contributed by atoms with Gasteiger partial charge >= 0.3 is 0 Å². The fourth-order valence-electron chi connectivity index (χ4n) is 4.61. The molecule has 0 aliphatic carbocycles. The van der Waals surface area contributed by atoms with Crippen LogP contribution < -0.4 is 9.46 Å². The topological polar surface area (TPSA) is 120 Å². The first kappa shape index (κ1) is 27.7. The van der Waals surface area contributed by atoms with Gasteiger partial charge in [-0.2, -0.15) is 0 Å². The van der Waals surface area contributed by atoms with Crippen LogP contribution in [0, 0.1) is 0 Å². The predicted octanol–water partition coefficient (Wildman–Crippen LogP) is 5.93. The number of hydrogen-bond acceptors (Lipinski definition) is 7. The molecule has 6 rings (SSSR count). The number of ether oxygens (including phenoxy) is 1. The zero-order chi connectivity index (χ0) is 29.5. The van der Waals surface area contributed by atoms with Crippen LogP contribution >= 0.6 is 11.6 Å². The standard InChI is InChI=1S/C30H23ClN4O5S2/c1-40-22-15-11-20(12-16-22)19-35-29-27(32-25-9-5-6-10-26(25)33-29)28(41(36,37)23-7-3-2-4-8-23)30(35)34-42(38,39)24-17-13-21(31)14-18-24/h2-18,34H,19H2,1H3. The number of benzene rings is 4. The number of sulfonamides is 1. The Hall–Kier alpha value is -4.45. The van der Waals surface area contributed by atoms with Crippen molar-refractivity contribution < 1.29 is 21.6 Å². The third-order valence-corrected chi connectivity index (χ3v) is 10.1. The number of methoxy groups -OCH3 is 1. The molecule has 0 saturated carbocycles. The molecule has 9 nitrogen and oxygen atoms in total. The molecule has 0 spiro atoms. The van der Waals surface area contributed by atoms with Gasteiger partial charge < -0.3 is 9.30 Å². The van der Waals surface area contributed by atoms with E-state index in [-0.39, 0.29) is 38.2 Å². The number of hydrogen-bond donors (Lipinski definition) is 1. The van der Waals surface area contributed by atoms with Crippen LogP contribution in [0.1, 0.15) is 5.56 Å².